The summed E-state index contributed by atoms with van der Waals surface area (Å²) in [5.74, 6) is 2.68. The van der Waals surface area contributed by atoms with Crippen molar-refractivity contribution in [1.29, 1.82) is 0 Å². The Morgan fingerprint density at radius 2 is 2.00 bits per heavy atom. The molecule has 1 aromatic heterocycles. The summed E-state index contributed by atoms with van der Waals surface area (Å²) in [5.41, 5.74) is 0. The molecule has 1 aromatic rings. The summed E-state index contributed by atoms with van der Waals surface area (Å²) in [5, 5.41) is 15.5. The first kappa shape index (κ1) is 19.1. The zero-order valence-electron chi connectivity index (χ0n) is 16.4. The smallest absolute Gasteiger partial charge is 0.191 e. The van der Waals surface area contributed by atoms with E-state index in [-0.39, 0.29) is 0 Å². The average molecular weight is 364 g/mol. The first-order valence-electron chi connectivity index (χ1n) is 9.85. The van der Waals surface area contributed by atoms with Gasteiger partial charge in [0.25, 0.3) is 0 Å². The molecule has 1 saturated heterocycles. The molecule has 8 nitrogen and oxygen atoms in total. The van der Waals surface area contributed by atoms with E-state index in [0.717, 1.165) is 50.5 Å². The number of guanidine groups is 1. The molecule has 8 heteroatoms. The quantitative estimate of drug-likeness (QED) is 0.575. The maximum atomic E-state index is 5.45. The van der Waals surface area contributed by atoms with Crippen LogP contribution in [0.1, 0.15) is 44.3 Å². The molecule has 3 rings (SSSR count). The van der Waals surface area contributed by atoms with E-state index in [2.05, 4.69) is 32.7 Å². The Kier molecular flexibility index (Phi) is 6.85. The predicted octanol–water partition coefficient (Wildman–Crippen LogP) is 0.822. The van der Waals surface area contributed by atoms with Gasteiger partial charge in [-0.15, -0.1) is 10.2 Å². The molecule has 2 fully saturated rings. The Morgan fingerprint density at radius 3 is 2.65 bits per heavy atom. The number of hydrogen-bond donors (Lipinski definition) is 2. The Bertz CT molecular complexity index is 588. The number of hydrogen-bond acceptors (Lipinski definition) is 5. The van der Waals surface area contributed by atoms with Crippen LogP contribution in [-0.2, 0) is 18.3 Å². The van der Waals surface area contributed by atoms with Crippen LogP contribution < -0.4 is 10.6 Å². The molecule has 2 aliphatic rings. The lowest BCUT2D eigenvalue weighted by atomic mass is 10.2. The molecule has 0 amide bonds. The molecule has 1 saturated carbocycles. The minimum atomic E-state index is 0.451. The minimum Gasteiger partial charge on any atom is -0.379 e. The van der Waals surface area contributed by atoms with Crippen LogP contribution in [0.5, 0.6) is 0 Å². The molecule has 2 N–H and O–H groups in total. The number of nitrogens with zero attached hydrogens (tertiary/aromatic N) is 5. The van der Waals surface area contributed by atoms with E-state index in [1.165, 1.54) is 25.7 Å². The Morgan fingerprint density at radius 1 is 1.27 bits per heavy atom. The Balaban J connectivity index is 1.58. The number of aryl methyl sites for hydroxylation is 1. The monoisotopic (exact) mass is 363 g/mol. The molecule has 26 heavy (non-hydrogen) atoms. The maximum Gasteiger partial charge on any atom is 0.191 e. The fourth-order valence-electron chi connectivity index (χ4n) is 3.55. The number of aromatic nitrogens is 3. The molecular formula is C18H33N7O. The number of aliphatic imine (C=N–C) groups is 1. The number of nitrogens with one attached hydrogen (secondary N) is 2. The van der Waals surface area contributed by atoms with Crippen LogP contribution in [0.4, 0.5) is 0 Å². The summed E-state index contributed by atoms with van der Waals surface area (Å²) in [4.78, 5) is 7.24. The van der Waals surface area contributed by atoms with Gasteiger partial charge in [-0.25, -0.2) is 4.99 Å². The van der Waals surface area contributed by atoms with Gasteiger partial charge >= 0.3 is 0 Å². The maximum absolute atomic E-state index is 5.45. The van der Waals surface area contributed by atoms with Crippen molar-refractivity contribution in [1.82, 2.24) is 30.3 Å². The fourth-order valence-corrected chi connectivity index (χ4v) is 3.55. The molecule has 146 valence electrons. The van der Waals surface area contributed by atoms with Gasteiger partial charge in [-0.3, -0.25) is 4.90 Å². The number of ether oxygens (including phenoxy) is 1. The lowest BCUT2D eigenvalue weighted by Crippen LogP contribution is -2.50. The molecular weight excluding hydrogens is 330 g/mol. The fraction of sp³-hybridized carbons (Fsp3) is 0.833. The average Bonchev–Trinajstić information content (AvgIpc) is 3.29. The molecule has 0 spiro atoms. The molecule has 1 atom stereocenters. The summed E-state index contributed by atoms with van der Waals surface area (Å²) >= 11 is 0. The van der Waals surface area contributed by atoms with Gasteiger partial charge in [0.05, 0.1) is 13.2 Å². The van der Waals surface area contributed by atoms with Crippen molar-refractivity contribution >= 4 is 5.96 Å². The van der Waals surface area contributed by atoms with Gasteiger partial charge in [-0.05, 0) is 26.7 Å². The van der Waals surface area contributed by atoms with Crippen LogP contribution in [0, 0.1) is 6.92 Å². The summed E-state index contributed by atoms with van der Waals surface area (Å²) < 4.78 is 7.44. The van der Waals surface area contributed by atoms with Gasteiger partial charge in [0.1, 0.15) is 12.4 Å². The first-order valence-corrected chi connectivity index (χ1v) is 9.85. The standard InChI is InChI=1S/C18H33N7O/c1-14(25-8-10-26-11-9-25)12-19-18(21-16-6-4-5-7-16)20-13-17-23-22-15(2)24(17)3/h14,16H,4-13H2,1-3H3,(H2,19,20,21). The molecule has 2 heterocycles. The highest BCUT2D eigenvalue weighted by molar-refractivity contribution is 5.80. The van der Waals surface area contributed by atoms with E-state index in [4.69, 9.17) is 9.73 Å². The number of morpholine rings is 1. The van der Waals surface area contributed by atoms with E-state index in [0.29, 0.717) is 18.6 Å². The minimum absolute atomic E-state index is 0.451. The summed E-state index contributed by atoms with van der Waals surface area (Å²) in [6, 6.07) is 0.979. The predicted molar refractivity (Wildman–Crippen MR) is 102 cm³/mol. The van der Waals surface area contributed by atoms with Crippen LogP contribution in [0.25, 0.3) is 0 Å². The van der Waals surface area contributed by atoms with Gasteiger partial charge in [0.15, 0.2) is 11.8 Å². The van der Waals surface area contributed by atoms with Gasteiger partial charge < -0.3 is 19.9 Å². The van der Waals surface area contributed by atoms with Crippen LogP contribution in [0.3, 0.4) is 0 Å². The van der Waals surface area contributed by atoms with E-state index in [9.17, 15) is 0 Å². The van der Waals surface area contributed by atoms with E-state index in [1.807, 2.05) is 18.5 Å². The third-order valence-corrected chi connectivity index (χ3v) is 5.49. The second kappa shape index (κ2) is 9.32. The largest absolute Gasteiger partial charge is 0.379 e. The van der Waals surface area contributed by atoms with E-state index >= 15 is 0 Å². The van der Waals surface area contributed by atoms with Gasteiger partial charge in [-0.2, -0.15) is 0 Å². The normalized spacial score (nSPS) is 21.1. The summed E-state index contributed by atoms with van der Waals surface area (Å²) in [7, 11) is 1.98. The topological polar surface area (TPSA) is 79.6 Å². The third-order valence-electron chi connectivity index (χ3n) is 5.49. The summed E-state index contributed by atoms with van der Waals surface area (Å²) in [6.07, 6.45) is 5.06. The van der Waals surface area contributed by atoms with Crippen LogP contribution in [0.2, 0.25) is 0 Å². The van der Waals surface area contributed by atoms with Crippen LogP contribution in [0.15, 0.2) is 4.99 Å². The number of rotatable bonds is 6. The molecule has 0 radical (unpaired) electrons. The third kappa shape index (κ3) is 5.17. The van der Waals surface area contributed by atoms with Crippen molar-refractivity contribution in [3.05, 3.63) is 11.6 Å². The highest BCUT2D eigenvalue weighted by Crippen LogP contribution is 2.17. The van der Waals surface area contributed by atoms with Crippen molar-refractivity contribution in [2.45, 2.75) is 58.2 Å². The highest BCUT2D eigenvalue weighted by Gasteiger charge is 2.19. The van der Waals surface area contributed by atoms with Crippen molar-refractivity contribution in [2.24, 2.45) is 12.0 Å². The summed E-state index contributed by atoms with van der Waals surface area (Å²) in [6.45, 7) is 9.29. The molecule has 1 aliphatic heterocycles. The van der Waals surface area contributed by atoms with Crippen LogP contribution >= 0.6 is 0 Å². The molecule has 1 unspecified atom stereocenters. The Hall–Kier alpha value is -1.67. The highest BCUT2D eigenvalue weighted by atomic mass is 16.5. The van der Waals surface area contributed by atoms with E-state index in [1.54, 1.807) is 0 Å². The van der Waals surface area contributed by atoms with Crippen molar-refractivity contribution in [3.63, 3.8) is 0 Å². The van der Waals surface area contributed by atoms with Crippen molar-refractivity contribution < 1.29 is 4.74 Å². The Labute approximate surface area is 156 Å². The second-order valence-corrected chi connectivity index (χ2v) is 7.39. The molecule has 1 aliphatic carbocycles. The SMILES string of the molecule is Cc1nnc(CN=C(NCC(C)N2CCOCC2)NC2CCCC2)n1C. The van der Waals surface area contributed by atoms with Gasteiger partial charge in [0.2, 0.25) is 0 Å². The first-order chi connectivity index (χ1) is 12.6. The van der Waals surface area contributed by atoms with Gasteiger partial charge in [-0.1, -0.05) is 12.8 Å². The molecule has 0 aromatic carbocycles. The zero-order chi connectivity index (χ0) is 18.4. The van der Waals surface area contributed by atoms with Crippen molar-refractivity contribution in [3.8, 4) is 0 Å². The second-order valence-electron chi connectivity index (χ2n) is 7.39. The lowest BCUT2D eigenvalue weighted by Gasteiger charge is -2.32. The zero-order valence-corrected chi connectivity index (χ0v) is 16.4. The lowest BCUT2D eigenvalue weighted by molar-refractivity contribution is 0.0211. The van der Waals surface area contributed by atoms with Gasteiger partial charge in [0, 0.05) is 38.8 Å². The van der Waals surface area contributed by atoms with Crippen LogP contribution in [-0.4, -0.2) is 70.6 Å². The molecule has 0 bridgehead atoms. The van der Waals surface area contributed by atoms with Crippen molar-refractivity contribution in [2.75, 3.05) is 32.8 Å². The van der Waals surface area contributed by atoms with E-state index < -0.39 is 0 Å².